The summed E-state index contributed by atoms with van der Waals surface area (Å²) in [6, 6.07) is 8.35. The fourth-order valence-corrected chi connectivity index (χ4v) is 3.61. The molecule has 1 amide bonds. The summed E-state index contributed by atoms with van der Waals surface area (Å²) in [6.07, 6.45) is 2.50. The Morgan fingerprint density at radius 1 is 1.37 bits per heavy atom. The van der Waals surface area contributed by atoms with Crippen molar-refractivity contribution in [2.75, 3.05) is 25.9 Å². The van der Waals surface area contributed by atoms with Gasteiger partial charge in [0.25, 0.3) is 0 Å². The quantitative estimate of drug-likeness (QED) is 0.872. The summed E-state index contributed by atoms with van der Waals surface area (Å²) >= 11 is 0. The molecule has 1 aliphatic rings. The molecular weight excluding hydrogens is 345 g/mol. The highest BCUT2D eigenvalue weighted by Gasteiger charge is 2.39. The Morgan fingerprint density at radius 2 is 2.11 bits per heavy atom. The van der Waals surface area contributed by atoms with E-state index in [0.717, 1.165) is 6.42 Å². The van der Waals surface area contributed by atoms with Crippen molar-refractivity contribution in [1.82, 2.24) is 19.8 Å². The maximum atomic E-state index is 14.2. The van der Waals surface area contributed by atoms with Gasteiger partial charge in [0.15, 0.2) is 0 Å². The number of anilines is 1. The first-order valence-electron chi connectivity index (χ1n) is 9.11. The number of nitrogens with zero attached hydrogens (tertiary/aromatic N) is 4. The SMILES string of the molecule is CN(Cc1nccc(N)n1)[C@@H]1CCN(C(=O)C(C)(C)c2ccccc2F)C1. The fraction of sp³-hybridized carbons (Fsp3) is 0.450. The summed E-state index contributed by atoms with van der Waals surface area (Å²) in [5.74, 6) is 0.712. The van der Waals surface area contributed by atoms with Gasteiger partial charge in [-0.15, -0.1) is 0 Å². The topological polar surface area (TPSA) is 75.4 Å². The second kappa shape index (κ2) is 7.60. The summed E-state index contributed by atoms with van der Waals surface area (Å²) in [7, 11) is 1.99. The number of nitrogens with two attached hydrogens (primary N) is 1. The molecule has 1 aromatic carbocycles. The number of aromatic nitrogens is 2. The summed E-state index contributed by atoms with van der Waals surface area (Å²) in [6.45, 7) is 5.39. The van der Waals surface area contributed by atoms with Crippen LogP contribution >= 0.6 is 0 Å². The van der Waals surface area contributed by atoms with E-state index < -0.39 is 5.41 Å². The first-order valence-corrected chi connectivity index (χ1v) is 9.11. The van der Waals surface area contributed by atoms with Gasteiger partial charge in [0, 0.05) is 30.9 Å². The summed E-state index contributed by atoms with van der Waals surface area (Å²) in [5.41, 5.74) is 5.24. The highest BCUT2D eigenvalue weighted by molar-refractivity contribution is 5.87. The number of nitrogen functional groups attached to an aromatic ring is 1. The van der Waals surface area contributed by atoms with Crippen molar-refractivity contribution in [3.63, 3.8) is 0 Å². The molecule has 2 heterocycles. The number of hydrogen-bond donors (Lipinski definition) is 1. The molecule has 1 aliphatic heterocycles. The molecule has 0 spiro atoms. The minimum Gasteiger partial charge on any atom is -0.384 e. The minimum atomic E-state index is -0.907. The molecule has 27 heavy (non-hydrogen) atoms. The molecular formula is C20H26FN5O. The first kappa shape index (κ1) is 19.2. The Bertz CT molecular complexity index is 826. The van der Waals surface area contributed by atoms with Gasteiger partial charge in [0.1, 0.15) is 17.5 Å². The maximum Gasteiger partial charge on any atom is 0.232 e. The summed E-state index contributed by atoms with van der Waals surface area (Å²) in [4.78, 5) is 25.5. The van der Waals surface area contributed by atoms with Gasteiger partial charge in [-0.1, -0.05) is 18.2 Å². The Hall–Kier alpha value is -2.54. The number of likely N-dealkylation sites (N-methyl/N-ethyl adjacent to an activating group) is 1. The molecule has 1 saturated heterocycles. The molecule has 0 radical (unpaired) electrons. The molecule has 144 valence electrons. The standard InChI is InChI=1S/C20H26FN5O/c1-20(2,15-6-4-5-7-16(15)21)19(27)26-11-9-14(12-26)25(3)13-18-23-10-8-17(22)24-18/h4-8,10,14H,9,11-13H2,1-3H3,(H2,22,23,24)/t14-/m1/s1. The van der Waals surface area contributed by atoms with Gasteiger partial charge in [-0.05, 0) is 39.4 Å². The number of hydrogen-bond acceptors (Lipinski definition) is 5. The van der Waals surface area contributed by atoms with E-state index in [2.05, 4.69) is 14.9 Å². The number of rotatable bonds is 5. The summed E-state index contributed by atoms with van der Waals surface area (Å²) in [5, 5.41) is 0. The average Bonchev–Trinajstić information content (AvgIpc) is 3.11. The van der Waals surface area contributed by atoms with Gasteiger partial charge in [-0.2, -0.15) is 0 Å². The first-order chi connectivity index (χ1) is 12.8. The zero-order valence-electron chi connectivity index (χ0n) is 16.0. The molecule has 7 heteroatoms. The van der Waals surface area contributed by atoms with Crippen LogP contribution in [-0.4, -0.2) is 51.9 Å². The highest BCUT2D eigenvalue weighted by atomic mass is 19.1. The molecule has 2 aromatic rings. The van der Waals surface area contributed by atoms with E-state index in [9.17, 15) is 9.18 Å². The number of benzene rings is 1. The molecule has 6 nitrogen and oxygen atoms in total. The van der Waals surface area contributed by atoms with Crippen LogP contribution in [0.3, 0.4) is 0 Å². The van der Waals surface area contributed by atoms with Crippen molar-refractivity contribution in [3.8, 4) is 0 Å². The molecule has 3 rings (SSSR count). The summed E-state index contributed by atoms with van der Waals surface area (Å²) < 4.78 is 14.2. The van der Waals surface area contributed by atoms with Crippen LogP contribution < -0.4 is 5.73 Å². The molecule has 1 fully saturated rings. The Balaban J connectivity index is 1.66. The van der Waals surface area contributed by atoms with Crippen molar-refractivity contribution in [3.05, 3.63) is 53.7 Å². The number of likely N-dealkylation sites (tertiary alicyclic amines) is 1. The largest absolute Gasteiger partial charge is 0.384 e. The van der Waals surface area contributed by atoms with Gasteiger partial charge in [0.2, 0.25) is 5.91 Å². The lowest BCUT2D eigenvalue weighted by atomic mass is 9.83. The van der Waals surface area contributed by atoms with Crippen LogP contribution in [0, 0.1) is 5.82 Å². The molecule has 1 aromatic heterocycles. The second-order valence-corrected chi connectivity index (χ2v) is 7.61. The van der Waals surface area contributed by atoms with Crippen LogP contribution in [-0.2, 0) is 16.8 Å². The highest BCUT2D eigenvalue weighted by Crippen LogP contribution is 2.30. The third-order valence-electron chi connectivity index (χ3n) is 5.27. The molecule has 0 saturated carbocycles. The minimum absolute atomic E-state index is 0.0521. The van der Waals surface area contributed by atoms with Crippen LogP contribution in [0.4, 0.5) is 10.2 Å². The van der Waals surface area contributed by atoms with Crippen molar-refractivity contribution >= 4 is 11.7 Å². The van der Waals surface area contributed by atoms with E-state index in [1.165, 1.54) is 6.07 Å². The lowest BCUT2D eigenvalue weighted by Crippen LogP contribution is -2.44. The fourth-order valence-electron chi connectivity index (χ4n) is 3.61. The van der Waals surface area contributed by atoms with Crippen molar-refractivity contribution in [2.24, 2.45) is 0 Å². The van der Waals surface area contributed by atoms with Crippen molar-refractivity contribution < 1.29 is 9.18 Å². The zero-order chi connectivity index (χ0) is 19.6. The van der Waals surface area contributed by atoms with E-state index in [4.69, 9.17) is 5.73 Å². The Kier molecular flexibility index (Phi) is 5.41. The van der Waals surface area contributed by atoms with Crippen LogP contribution in [0.5, 0.6) is 0 Å². The molecule has 0 unspecified atom stereocenters. The smallest absolute Gasteiger partial charge is 0.232 e. The number of carbonyl (C=O) groups excluding carboxylic acids is 1. The number of carbonyl (C=O) groups is 1. The van der Waals surface area contributed by atoms with Crippen molar-refractivity contribution in [2.45, 2.75) is 38.3 Å². The van der Waals surface area contributed by atoms with E-state index in [0.29, 0.717) is 36.8 Å². The zero-order valence-corrected chi connectivity index (χ0v) is 16.0. The average molecular weight is 371 g/mol. The molecule has 2 N–H and O–H groups in total. The predicted molar refractivity (Wildman–Crippen MR) is 102 cm³/mol. The third-order valence-corrected chi connectivity index (χ3v) is 5.27. The van der Waals surface area contributed by atoms with E-state index >= 15 is 0 Å². The second-order valence-electron chi connectivity index (χ2n) is 7.61. The maximum absolute atomic E-state index is 14.2. The Labute approximate surface area is 159 Å². The van der Waals surface area contributed by atoms with Gasteiger partial charge in [-0.3, -0.25) is 9.69 Å². The van der Waals surface area contributed by atoms with Gasteiger partial charge in [0.05, 0.1) is 12.0 Å². The number of amides is 1. The lowest BCUT2D eigenvalue weighted by molar-refractivity contribution is -0.135. The Morgan fingerprint density at radius 3 is 2.81 bits per heavy atom. The van der Waals surface area contributed by atoms with Crippen LogP contribution in [0.2, 0.25) is 0 Å². The van der Waals surface area contributed by atoms with E-state index in [1.54, 1.807) is 44.3 Å². The number of halogens is 1. The predicted octanol–water partition coefficient (Wildman–Crippen LogP) is 2.21. The van der Waals surface area contributed by atoms with Gasteiger partial charge < -0.3 is 10.6 Å². The van der Waals surface area contributed by atoms with E-state index in [-0.39, 0.29) is 17.8 Å². The molecule has 1 atom stereocenters. The van der Waals surface area contributed by atoms with Crippen LogP contribution in [0.15, 0.2) is 36.5 Å². The molecule has 0 aliphatic carbocycles. The monoisotopic (exact) mass is 371 g/mol. The molecule has 0 bridgehead atoms. The third kappa shape index (κ3) is 4.08. The van der Waals surface area contributed by atoms with Gasteiger partial charge in [-0.25, -0.2) is 14.4 Å². The lowest BCUT2D eigenvalue weighted by Gasteiger charge is -2.31. The van der Waals surface area contributed by atoms with E-state index in [1.807, 2.05) is 11.9 Å². The van der Waals surface area contributed by atoms with Crippen molar-refractivity contribution in [1.29, 1.82) is 0 Å². The normalized spacial score (nSPS) is 17.5. The van der Waals surface area contributed by atoms with Crippen LogP contribution in [0.1, 0.15) is 31.7 Å². The van der Waals surface area contributed by atoms with Gasteiger partial charge >= 0.3 is 0 Å². The van der Waals surface area contributed by atoms with Crippen LogP contribution in [0.25, 0.3) is 0 Å².